The van der Waals surface area contributed by atoms with Crippen LogP contribution in [0.1, 0.15) is 23.1 Å². The van der Waals surface area contributed by atoms with Crippen LogP contribution in [0.5, 0.6) is 5.88 Å². The molecular weight excluding hydrogens is 359 g/mol. The van der Waals surface area contributed by atoms with Crippen LogP contribution in [0.3, 0.4) is 0 Å². The van der Waals surface area contributed by atoms with Crippen LogP contribution < -0.4 is 4.74 Å². The number of carbonyl (C=O) groups excluding carboxylic acids is 1. The van der Waals surface area contributed by atoms with Gasteiger partial charge in [-0.25, -0.2) is 4.98 Å². The van der Waals surface area contributed by atoms with E-state index in [0.717, 1.165) is 12.1 Å². The molecule has 140 valence electrons. The van der Waals surface area contributed by atoms with E-state index in [-0.39, 0.29) is 18.4 Å². The Morgan fingerprint density at radius 3 is 2.89 bits per heavy atom. The van der Waals surface area contributed by atoms with Crippen LogP contribution in [0.25, 0.3) is 0 Å². The zero-order valence-electron chi connectivity index (χ0n) is 14.2. The maximum absolute atomic E-state index is 12.8. The molecule has 8 heteroatoms. The first-order valence-corrected chi connectivity index (χ1v) is 8.32. The van der Waals surface area contributed by atoms with Crippen molar-refractivity contribution in [3.63, 3.8) is 0 Å². The van der Waals surface area contributed by atoms with Crippen molar-refractivity contribution in [2.24, 2.45) is 0 Å². The van der Waals surface area contributed by atoms with Crippen molar-refractivity contribution >= 4 is 5.91 Å². The molecule has 0 spiro atoms. The first-order valence-electron chi connectivity index (χ1n) is 8.32. The number of likely N-dealkylation sites (tertiary alicyclic amines) is 1. The quantitative estimate of drug-likeness (QED) is 0.823. The largest absolute Gasteiger partial charge is 0.472 e. The Balaban J connectivity index is 1.58. The minimum Gasteiger partial charge on any atom is -0.472 e. The van der Waals surface area contributed by atoms with Gasteiger partial charge in [0.25, 0.3) is 0 Å². The third-order valence-electron chi connectivity index (χ3n) is 4.26. The Hall–Kier alpha value is -3.08. The summed E-state index contributed by atoms with van der Waals surface area (Å²) in [4.78, 5) is 18.0. The van der Waals surface area contributed by atoms with Crippen LogP contribution in [0, 0.1) is 11.3 Å². The molecule has 2 aromatic rings. The van der Waals surface area contributed by atoms with E-state index in [1.807, 2.05) is 6.07 Å². The first kappa shape index (κ1) is 18.7. The number of benzene rings is 1. The number of pyridine rings is 1. The molecule has 5 nitrogen and oxygen atoms in total. The highest BCUT2D eigenvalue weighted by molar-refractivity contribution is 5.79. The molecule has 1 amide bonds. The van der Waals surface area contributed by atoms with Gasteiger partial charge in [0.2, 0.25) is 11.8 Å². The highest BCUT2D eigenvalue weighted by Gasteiger charge is 2.31. The smallest absolute Gasteiger partial charge is 0.416 e. The van der Waals surface area contributed by atoms with E-state index in [0.29, 0.717) is 36.5 Å². The Bertz CT molecular complexity index is 877. The highest BCUT2D eigenvalue weighted by Crippen LogP contribution is 2.29. The lowest BCUT2D eigenvalue weighted by atomic mass is 10.1. The van der Waals surface area contributed by atoms with Crippen molar-refractivity contribution in [2.75, 3.05) is 13.1 Å². The van der Waals surface area contributed by atoms with E-state index in [2.05, 4.69) is 4.98 Å². The number of nitrogens with zero attached hydrogens (tertiary/aromatic N) is 3. The molecule has 1 aliphatic rings. The van der Waals surface area contributed by atoms with Crippen molar-refractivity contribution in [1.82, 2.24) is 9.88 Å². The molecule has 0 N–H and O–H groups in total. The number of nitriles is 1. The van der Waals surface area contributed by atoms with E-state index >= 15 is 0 Å². The fourth-order valence-electron chi connectivity index (χ4n) is 2.91. The maximum atomic E-state index is 12.8. The van der Waals surface area contributed by atoms with Gasteiger partial charge >= 0.3 is 6.18 Å². The molecule has 1 unspecified atom stereocenters. The third kappa shape index (κ3) is 4.76. The normalized spacial score (nSPS) is 16.8. The van der Waals surface area contributed by atoms with Crippen LogP contribution in [0.15, 0.2) is 42.6 Å². The minimum atomic E-state index is -4.43. The van der Waals surface area contributed by atoms with E-state index in [4.69, 9.17) is 10.00 Å². The summed E-state index contributed by atoms with van der Waals surface area (Å²) in [5.41, 5.74) is -0.0167. The summed E-state index contributed by atoms with van der Waals surface area (Å²) in [6, 6.07) is 9.87. The predicted octanol–water partition coefficient (Wildman–Crippen LogP) is 3.19. The van der Waals surface area contributed by atoms with Gasteiger partial charge in [-0.15, -0.1) is 0 Å². The number of aromatic nitrogens is 1. The number of rotatable bonds is 4. The van der Waals surface area contributed by atoms with Crippen LogP contribution in [0.2, 0.25) is 0 Å². The van der Waals surface area contributed by atoms with E-state index in [1.54, 1.807) is 11.0 Å². The Morgan fingerprint density at radius 1 is 1.33 bits per heavy atom. The van der Waals surface area contributed by atoms with Crippen LogP contribution in [0.4, 0.5) is 13.2 Å². The standard InChI is InChI=1S/C19H16F3N3O2/c20-19(21,22)15-3-1-2-13(8-15)10-18(26)25-7-5-16(12-25)27-17-9-14(11-23)4-6-24-17/h1-4,6,8-9,16H,5,7,10,12H2. The van der Waals surface area contributed by atoms with Crippen molar-refractivity contribution in [3.05, 3.63) is 59.3 Å². The highest BCUT2D eigenvalue weighted by atomic mass is 19.4. The second-order valence-electron chi connectivity index (χ2n) is 6.24. The summed E-state index contributed by atoms with van der Waals surface area (Å²) >= 11 is 0. The predicted molar refractivity (Wildman–Crippen MR) is 89.7 cm³/mol. The Labute approximate surface area is 154 Å². The second-order valence-corrected chi connectivity index (χ2v) is 6.24. The topological polar surface area (TPSA) is 66.2 Å². The van der Waals surface area contributed by atoms with Crippen molar-refractivity contribution in [2.45, 2.75) is 25.1 Å². The third-order valence-corrected chi connectivity index (χ3v) is 4.26. The number of amides is 1. The Kier molecular flexibility index (Phi) is 5.31. The van der Waals surface area contributed by atoms with Gasteiger partial charge in [0.15, 0.2) is 0 Å². The van der Waals surface area contributed by atoms with Gasteiger partial charge in [-0.1, -0.05) is 18.2 Å². The van der Waals surface area contributed by atoms with Gasteiger partial charge in [-0.05, 0) is 17.7 Å². The average molecular weight is 375 g/mol. The zero-order chi connectivity index (χ0) is 19.4. The summed E-state index contributed by atoms with van der Waals surface area (Å²) in [5.74, 6) is 0.0605. The van der Waals surface area contributed by atoms with Gasteiger partial charge in [0.1, 0.15) is 6.10 Å². The molecular formula is C19H16F3N3O2. The molecule has 1 atom stereocenters. The van der Waals surface area contributed by atoms with Gasteiger partial charge in [-0.2, -0.15) is 18.4 Å². The van der Waals surface area contributed by atoms with Crippen molar-refractivity contribution < 1.29 is 22.7 Å². The minimum absolute atomic E-state index is 0.0984. The van der Waals surface area contributed by atoms with E-state index in [1.165, 1.54) is 24.4 Å². The van der Waals surface area contributed by atoms with Crippen molar-refractivity contribution in [3.8, 4) is 11.9 Å². The molecule has 1 aliphatic heterocycles. The fraction of sp³-hybridized carbons (Fsp3) is 0.316. The molecule has 0 radical (unpaired) electrons. The number of hydrogen-bond acceptors (Lipinski definition) is 4. The van der Waals surface area contributed by atoms with Crippen LogP contribution >= 0.6 is 0 Å². The summed E-state index contributed by atoms with van der Waals surface area (Å²) in [6.45, 7) is 0.788. The maximum Gasteiger partial charge on any atom is 0.416 e. The van der Waals surface area contributed by atoms with Gasteiger partial charge in [-0.3, -0.25) is 4.79 Å². The van der Waals surface area contributed by atoms with Gasteiger partial charge in [0, 0.05) is 25.2 Å². The van der Waals surface area contributed by atoms with E-state index in [9.17, 15) is 18.0 Å². The molecule has 1 saturated heterocycles. The number of carbonyl (C=O) groups is 1. The lowest BCUT2D eigenvalue weighted by molar-refractivity contribution is -0.138. The summed E-state index contributed by atoms with van der Waals surface area (Å²) in [5, 5.41) is 8.89. The number of hydrogen-bond donors (Lipinski definition) is 0. The SMILES string of the molecule is N#Cc1ccnc(OC2CCN(C(=O)Cc3cccc(C(F)(F)F)c3)C2)c1. The summed E-state index contributed by atoms with van der Waals surface area (Å²) in [6.07, 6.45) is -2.74. The number of alkyl halides is 3. The van der Waals surface area contributed by atoms with Crippen molar-refractivity contribution in [1.29, 1.82) is 5.26 Å². The molecule has 0 saturated carbocycles. The molecule has 1 aromatic carbocycles. The molecule has 0 aliphatic carbocycles. The van der Waals surface area contributed by atoms with Crippen LogP contribution in [-0.2, 0) is 17.4 Å². The number of ether oxygens (including phenoxy) is 1. The fourth-order valence-corrected chi connectivity index (χ4v) is 2.91. The molecule has 2 heterocycles. The van der Waals surface area contributed by atoms with Gasteiger partial charge in [0.05, 0.1) is 30.2 Å². The molecule has 0 bridgehead atoms. The Morgan fingerprint density at radius 2 is 2.15 bits per heavy atom. The monoisotopic (exact) mass is 375 g/mol. The molecule has 3 rings (SSSR count). The van der Waals surface area contributed by atoms with Crippen LogP contribution in [-0.4, -0.2) is 35.0 Å². The van der Waals surface area contributed by atoms with E-state index < -0.39 is 11.7 Å². The molecule has 27 heavy (non-hydrogen) atoms. The number of halogens is 3. The lowest BCUT2D eigenvalue weighted by Crippen LogP contribution is -2.32. The average Bonchev–Trinajstić information content (AvgIpc) is 3.10. The molecule has 1 aromatic heterocycles. The lowest BCUT2D eigenvalue weighted by Gasteiger charge is -2.17. The first-order chi connectivity index (χ1) is 12.8. The zero-order valence-corrected chi connectivity index (χ0v) is 14.2. The van der Waals surface area contributed by atoms with Gasteiger partial charge < -0.3 is 9.64 Å². The second kappa shape index (κ2) is 7.66. The summed E-state index contributed by atoms with van der Waals surface area (Å²) in [7, 11) is 0. The molecule has 1 fully saturated rings. The summed E-state index contributed by atoms with van der Waals surface area (Å²) < 4.78 is 44.0.